The molecule has 1 saturated heterocycles. The van der Waals surface area contributed by atoms with Crippen LogP contribution < -0.4 is 4.90 Å². The van der Waals surface area contributed by atoms with Gasteiger partial charge in [-0.1, -0.05) is 42.0 Å². The van der Waals surface area contributed by atoms with E-state index in [0.717, 1.165) is 16.8 Å². The number of amides is 1. The molecule has 0 unspecified atom stereocenters. The molecule has 0 aliphatic carbocycles. The number of hydrogen-bond acceptors (Lipinski definition) is 4. The van der Waals surface area contributed by atoms with Crippen molar-refractivity contribution in [2.75, 3.05) is 4.90 Å². The predicted octanol–water partition coefficient (Wildman–Crippen LogP) is 5.42. The van der Waals surface area contributed by atoms with Crippen molar-refractivity contribution in [3.8, 4) is 5.75 Å². The summed E-state index contributed by atoms with van der Waals surface area (Å²) in [6, 6.07) is 19.6. The van der Waals surface area contributed by atoms with Gasteiger partial charge in [0, 0.05) is 5.69 Å². The van der Waals surface area contributed by atoms with Crippen LogP contribution in [0.15, 0.2) is 72.8 Å². The Morgan fingerprint density at radius 2 is 1.65 bits per heavy atom. The first-order valence-corrected chi connectivity index (χ1v) is 10.2. The van der Waals surface area contributed by atoms with Gasteiger partial charge in [0.05, 0.1) is 6.10 Å². The van der Waals surface area contributed by atoms with Gasteiger partial charge in [-0.15, -0.1) is 0 Å². The second kappa shape index (κ2) is 8.78. The first-order valence-electron chi connectivity index (χ1n) is 10.2. The smallest absolute Gasteiger partial charge is 0.415 e. The molecule has 3 aromatic rings. The normalized spacial score (nSPS) is 19.3. The minimum absolute atomic E-state index is 0.138. The molecule has 0 spiro atoms. The Labute approximate surface area is 180 Å². The molecule has 0 bridgehead atoms. The maximum absolute atomic E-state index is 13.2. The molecular formula is C25H24FNO4. The molecule has 0 saturated carbocycles. The van der Waals surface area contributed by atoms with E-state index in [9.17, 15) is 19.4 Å². The highest BCUT2D eigenvalue weighted by Gasteiger charge is 2.43. The van der Waals surface area contributed by atoms with E-state index in [1.807, 2.05) is 31.2 Å². The molecule has 1 heterocycles. The average Bonchev–Trinajstić information content (AvgIpc) is 3.09. The second-order valence-corrected chi connectivity index (χ2v) is 7.81. The number of aromatic hydroxyl groups is 1. The average molecular weight is 421 g/mol. The van der Waals surface area contributed by atoms with Gasteiger partial charge in [0.1, 0.15) is 23.7 Å². The van der Waals surface area contributed by atoms with Gasteiger partial charge in [0.15, 0.2) is 0 Å². The zero-order valence-electron chi connectivity index (χ0n) is 17.1. The summed E-state index contributed by atoms with van der Waals surface area (Å²) < 4.78 is 18.9. The lowest BCUT2D eigenvalue weighted by Gasteiger charge is -2.26. The third-order valence-electron chi connectivity index (χ3n) is 5.61. The second-order valence-electron chi connectivity index (χ2n) is 7.81. The van der Waals surface area contributed by atoms with Crippen molar-refractivity contribution in [3.05, 3.63) is 95.3 Å². The fourth-order valence-corrected chi connectivity index (χ4v) is 3.93. The summed E-state index contributed by atoms with van der Waals surface area (Å²) in [5.74, 6) is -0.221. The van der Waals surface area contributed by atoms with Crippen molar-refractivity contribution in [2.45, 2.75) is 38.0 Å². The third kappa shape index (κ3) is 4.54. The van der Waals surface area contributed by atoms with Gasteiger partial charge in [-0.25, -0.2) is 9.18 Å². The predicted molar refractivity (Wildman–Crippen MR) is 115 cm³/mol. The molecule has 0 radical (unpaired) electrons. The number of cyclic esters (lactones) is 1. The molecule has 4 rings (SSSR count). The lowest BCUT2D eigenvalue weighted by Crippen LogP contribution is -2.29. The van der Waals surface area contributed by atoms with E-state index in [1.165, 1.54) is 12.1 Å². The van der Waals surface area contributed by atoms with Crippen molar-refractivity contribution in [1.29, 1.82) is 0 Å². The van der Waals surface area contributed by atoms with Crippen molar-refractivity contribution in [1.82, 2.24) is 0 Å². The molecule has 1 aliphatic rings. The number of phenols is 1. The van der Waals surface area contributed by atoms with Crippen molar-refractivity contribution in [2.24, 2.45) is 0 Å². The van der Waals surface area contributed by atoms with E-state index in [4.69, 9.17) is 4.74 Å². The fourth-order valence-electron chi connectivity index (χ4n) is 3.93. The van der Waals surface area contributed by atoms with E-state index in [0.29, 0.717) is 18.4 Å². The quantitative estimate of drug-likeness (QED) is 0.558. The Balaban J connectivity index is 1.59. The zero-order chi connectivity index (χ0) is 22.0. The van der Waals surface area contributed by atoms with Gasteiger partial charge in [-0.2, -0.15) is 0 Å². The fraction of sp³-hybridized carbons (Fsp3) is 0.240. The van der Waals surface area contributed by atoms with E-state index in [2.05, 4.69) is 0 Å². The first kappa shape index (κ1) is 20.9. The minimum atomic E-state index is -0.798. The number of hydrogen-bond donors (Lipinski definition) is 2. The molecule has 1 fully saturated rings. The van der Waals surface area contributed by atoms with Crippen LogP contribution in [0.3, 0.4) is 0 Å². The van der Waals surface area contributed by atoms with Gasteiger partial charge in [-0.3, -0.25) is 4.90 Å². The summed E-state index contributed by atoms with van der Waals surface area (Å²) in [6.07, 6.45) is -0.984. The van der Waals surface area contributed by atoms with Crippen LogP contribution in [0.25, 0.3) is 0 Å². The van der Waals surface area contributed by atoms with Gasteiger partial charge in [0.25, 0.3) is 0 Å². The van der Waals surface area contributed by atoms with Crippen molar-refractivity contribution in [3.63, 3.8) is 0 Å². The number of rotatable bonds is 6. The van der Waals surface area contributed by atoms with Gasteiger partial charge < -0.3 is 14.9 Å². The van der Waals surface area contributed by atoms with E-state index >= 15 is 0 Å². The standard InChI is InChI=1S/C25H24FNO4/c1-16-2-10-20(11-3-16)27-24(18-6-12-21(28)13-7-18)23(31-25(27)30)15-14-22(29)17-4-8-19(26)9-5-17/h2-13,22-24,28-29H,14-15H2,1H3/t22-,23+,24+/m0/s1. The number of carbonyl (C=O) groups excluding carboxylic acids is 1. The number of aliphatic hydroxyl groups excluding tert-OH is 1. The molecule has 6 heteroatoms. The molecular weight excluding hydrogens is 397 g/mol. The summed E-state index contributed by atoms with van der Waals surface area (Å²) in [5, 5.41) is 20.2. The van der Waals surface area contributed by atoms with Gasteiger partial charge in [-0.05, 0) is 67.3 Å². The van der Waals surface area contributed by atoms with E-state index in [1.54, 1.807) is 41.3 Å². The zero-order valence-corrected chi connectivity index (χ0v) is 17.1. The van der Waals surface area contributed by atoms with Crippen molar-refractivity contribution >= 4 is 11.8 Å². The topological polar surface area (TPSA) is 70.0 Å². The van der Waals surface area contributed by atoms with Crippen LogP contribution in [0, 0.1) is 12.7 Å². The highest BCUT2D eigenvalue weighted by molar-refractivity contribution is 5.91. The SMILES string of the molecule is Cc1ccc(N2C(=O)O[C@H](CC[C@H](O)c3ccc(F)cc3)[C@H]2c2ccc(O)cc2)cc1. The van der Waals surface area contributed by atoms with Gasteiger partial charge in [0.2, 0.25) is 0 Å². The summed E-state index contributed by atoms with van der Waals surface area (Å²) in [7, 11) is 0. The maximum atomic E-state index is 13.2. The first-order chi connectivity index (χ1) is 14.9. The third-order valence-corrected chi connectivity index (χ3v) is 5.61. The number of aliphatic hydroxyl groups is 1. The number of halogens is 1. The monoisotopic (exact) mass is 421 g/mol. The number of ether oxygens (including phenoxy) is 1. The van der Waals surface area contributed by atoms with E-state index < -0.39 is 24.3 Å². The largest absolute Gasteiger partial charge is 0.508 e. The molecule has 3 aromatic carbocycles. The lowest BCUT2D eigenvalue weighted by molar-refractivity contribution is 0.101. The number of nitrogens with zero attached hydrogens (tertiary/aromatic N) is 1. The van der Waals surface area contributed by atoms with Crippen molar-refractivity contribution < 1.29 is 24.1 Å². The Morgan fingerprint density at radius 1 is 1.00 bits per heavy atom. The Hall–Kier alpha value is -3.38. The molecule has 2 N–H and O–H groups in total. The molecule has 1 amide bonds. The lowest BCUT2D eigenvalue weighted by atomic mass is 9.94. The number of benzene rings is 3. The minimum Gasteiger partial charge on any atom is -0.508 e. The van der Waals surface area contributed by atoms with Crippen LogP contribution in [-0.4, -0.2) is 22.4 Å². The number of anilines is 1. The molecule has 3 atom stereocenters. The van der Waals surface area contributed by atoms with Crippen LogP contribution in [0.1, 0.15) is 41.7 Å². The Bertz CT molecular complexity index is 1030. The number of aryl methyl sites for hydroxylation is 1. The molecule has 0 aromatic heterocycles. The molecule has 5 nitrogen and oxygen atoms in total. The van der Waals surface area contributed by atoms with Crippen LogP contribution >= 0.6 is 0 Å². The summed E-state index contributed by atoms with van der Waals surface area (Å²) >= 11 is 0. The van der Waals surface area contributed by atoms with Crippen LogP contribution in [0.4, 0.5) is 14.9 Å². The highest BCUT2D eigenvalue weighted by atomic mass is 19.1. The Morgan fingerprint density at radius 3 is 2.29 bits per heavy atom. The summed E-state index contributed by atoms with van der Waals surface area (Å²) in [5.41, 5.74) is 3.24. The molecule has 1 aliphatic heterocycles. The van der Waals surface area contributed by atoms with Crippen LogP contribution in [0.5, 0.6) is 5.75 Å². The maximum Gasteiger partial charge on any atom is 0.415 e. The molecule has 160 valence electrons. The highest BCUT2D eigenvalue weighted by Crippen LogP contribution is 2.40. The summed E-state index contributed by atoms with van der Waals surface area (Å²) in [4.78, 5) is 14.4. The summed E-state index contributed by atoms with van der Waals surface area (Å²) in [6.45, 7) is 1.98. The van der Waals surface area contributed by atoms with Crippen LogP contribution in [0.2, 0.25) is 0 Å². The number of carbonyl (C=O) groups is 1. The Kier molecular flexibility index (Phi) is 5.91. The van der Waals surface area contributed by atoms with Gasteiger partial charge >= 0.3 is 6.09 Å². The molecule has 31 heavy (non-hydrogen) atoms. The van der Waals surface area contributed by atoms with Crippen LogP contribution in [-0.2, 0) is 4.74 Å². The van der Waals surface area contributed by atoms with E-state index in [-0.39, 0.29) is 11.6 Å². The number of phenolic OH excluding ortho intramolecular Hbond substituents is 1.